The number of carbonyl (C=O) groups is 2. The molecule has 178 valence electrons. The van der Waals surface area contributed by atoms with Crippen LogP contribution < -0.4 is 10.6 Å². The zero-order chi connectivity index (χ0) is 24.2. The van der Waals surface area contributed by atoms with E-state index in [1.807, 2.05) is 72.5 Å². The average Bonchev–Trinajstić information content (AvgIpc) is 3.28. The summed E-state index contributed by atoms with van der Waals surface area (Å²) in [4.78, 5) is 32.0. The van der Waals surface area contributed by atoms with Crippen LogP contribution in [0.3, 0.4) is 0 Å². The first-order valence-corrected chi connectivity index (χ1v) is 11.8. The number of nitrogens with zero attached hydrogens (tertiary/aromatic N) is 5. The van der Waals surface area contributed by atoms with Gasteiger partial charge in [-0.25, -0.2) is 9.48 Å². The van der Waals surface area contributed by atoms with Crippen molar-refractivity contribution >= 4 is 28.5 Å². The second-order valence-corrected chi connectivity index (χ2v) is 8.66. The van der Waals surface area contributed by atoms with E-state index in [-0.39, 0.29) is 18.0 Å². The number of nitrogens with one attached hydrogen (secondary N) is 2. The third-order valence-electron chi connectivity index (χ3n) is 6.35. The maximum absolute atomic E-state index is 13.5. The van der Waals surface area contributed by atoms with Crippen LogP contribution in [0.15, 0.2) is 66.9 Å². The number of benzene rings is 2. The highest BCUT2D eigenvalue weighted by Gasteiger charge is 2.31. The van der Waals surface area contributed by atoms with E-state index in [1.165, 1.54) is 0 Å². The number of fused-ring (bicyclic) bond motifs is 1. The second-order valence-electron chi connectivity index (χ2n) is 8.66. The van der Waals surface area contributed by atoms with Crippen LogP contribution in [-0.2, 0) is 0 Å². The molecular formula is C26H27N7O2. The van der Waals surface area contributed by atoms with Crippen LogP contribution in [0.5, 0.6) is 0 Å². The van der Waals surface area contributed by atoms with Gasteiger partial charge < -0.3 is 15.5 Å². The van der Waals surface area contributed by atoms with Gasteiger partial charge in [-0.15, -0.1) is 5.10 Å². The number of amides is 3. The number of rotatable bonds is 5. The van der Waals surface area contributed by atoms with Gasteiger partial charge >= 0.3 is 6.03 Å². The Morgan fingerprint density at radius 3 is 2.77 bits per heavy atom. The summed E-state index contributed by atoms with van der Waals surface area (Å²) in [6.07, 6.45) is 4.51. The first-order valence-electron chi connectivity index (χ1n) is 11.8. The number of aromatic nitrogens is 4. The zero-order valence-corrected chi connectivity index (χ0v) is 19.5. The largest absolute Gasteiger partial charge is 0.336 e. The summed E-state index contributed by atoms with van der Waals surface area (Å²) < 4.78 is 1.68. The number of anilines is 1. The van der Waals surface area contributed by atoms with Gasteiger partial charge in [-0.1, -0.05) is 29.5 Å². The number of hydrogen-bond donors (Lipinski definition) is 2. The van der Waals surface area contributed by atoms with Crippen molar-refractivity contribution in [3.8, 4) is 5.69 Å². The first kappa shape index (κ1) is 22.5. The van der Waals surface area contributed by atoms with E-state index >= 15 is 0 Å². The third kappa shape index (κ3) is 4.84. The molecule has 0 bridgehead atoms. The number of pyridine rings is 1. The zero-order valence-electron chi connectivity index (χ0n) is 19.5. The lowest BCUT2D eigenvalue weighted by Gasteiger charge is -2.35. The molecule has 0 saturated carbocycles. The molecule has 0 aliphatic carbocycles. The molecule has 1 saturated heterocycles. The Morgan fingerprint density at radius 1 is 1.06 bits per heavy atom. The second kappa shape index (κ2) is 9.92. The summed E-state index contributed by atoms with van der Waals surface area (Å²) >= 11 is 0. The summed E-state index contributed by atoms with van der Waals surface area (Å²) in [5.41, 5.74) is 3.45. The normalized spacial score (nSPS) is 15.7. The Labute approximate surface area is 203 Å². The van der Waals surface area contributed by atoms with E-state index in [0.717, 1.165) is 41.5 Å². The molecule has 9 heteroatoms. The van der Waals surface area contributed by atoms with Crippen molar-refractivity contribution < 1.29 is 9.59 Å². The van der Waals surface area contributed by atoms with E-state index < -0.39 is 0 Å². The Kier molecular flexibility index (Phi) is 6.38. The van der Waals surface area contributed by atoms with Crippen molar-refractivity contribution in [1.29, 1.82) is 0 Å². The van der Waals surface area contributed by atoms with Gasteiger partial charge in [-0.05, 0) is 62.6 Å². The van der Waals surface area contributed by atoms with Crippen LogP contribution in [0.1, 0.15) is 35.4 Å². The van der Waals surface area contributed by atoms with Crippen molar-refractivity contribution in [2.24, 2.45) is 0 Å². The molecule has 1 aliphatic rings. The van der Waals surface area contributed by atoms with Crippen molar-refractivity contribution in [2.45, 2.75) is 32.2 Å². The lowest BCUT2D eigenvalue weighted by atomic mass is 10.0. The topological polar surface area (TPSA) is 105 Å². The van der Waals surface area contributed by atoms with E-state index in [2.05, 4.69) is 25.9 Å². The predicted octanol–water partition coefficient (Wildman–Crippen LogP) is 3.94. The standard InChI is InChI=1S/C26H27N7O2/c1-18-24(30-31-33(18)21-12-13-23-19(16-21)8-7-14-27-23)25(34)32-15-6-5-11-22(32)17-28-26(35)29-20-9-3-2-4-10-20/h2-4,7-10,12-14,16,22H,5-6,11,15,17H2,1H3,(H2,28,29,35). The monoisotopic (exact) mass is 469 g/mol. The average molecular weight is 470 g/mol. The highest BCUT2D eigenvalue weighted by molar-refractivity contribution is 5.94. The number of para-hydroxylation sites is 1. The van der Waals surface area contributed by atoms with E-state index in [9.17, 15) is 9.59 Å². The maximum atomic E-state index is 13.5. The Morgan fingerprint density at radius 2 is 1.91 bits per heavy atom. The molecule has 1 atom stereocenters. The third-order valence-corrected chi connectivity index (χ3v) is 6.35. The van der Waals surface area contributed by atoms with Gasteiger partial charge in [0, 0.05) is 36.4 Å². The summed E-state index contributed by atoms with van der Waals surface area (Å²) in [7, 11) is 0. The molecule has 1 fully saturated rings. The molecule has 2 aromatic carbocycles. The quantitative estimate of drug-likeness (QED) is 0.461. The molecule has 2 aromatic heterocycles. The molecule has 3 heterocycles. The lowest BCUT2D eigenvalue weighted by Crippen LogP contribution is -2.50. The molecular weight excluding hydrogens is 442 g/mol. The van der Waals surface area contributed by atoms with Gasteiger partial charge in [0.15, 0.2) is 5.69 Å². The lowest BCUT2D eigenvalue weighted by molar-refractivity contribution is 0.0608. The molecule has 0 spiro atoms. The van der Waals surface area contributed by atoms with Gasteiger partial charge in [0.05, 0.1) is 16.9 Å². The minimum Gasteiger partial charge on any atom is -0.336 e. The summed E-state index contributed by atoms with van der Waals surface area (Å²) in [6, 6.07) is 18.6. The van der Waals surface area contributed by atoms with Crippen LogP contribution in [0, 0.1) is 6.92 Å². The fourth-order valence-corrected chi connectivity index (χ4v) is 4.49. The van der Waals surface area contributed by atoms with Crippen LogP contribution in [0.2, 0.25) is 0 Å². The SMILES string of the molecule is Cc1c(C(=O)N2CCCCC2CNC(=O)Nc2ccccc2)nnn1-c1ccc2ncccc2c1. The van der Waals surface area contributed by atoms with Crippen LogP contribution in [0.4, 0.5) is 10.5 Å². The van der Waals surface area contributed by atoms with Gasteiger partial charge in [-0.3, -0.25) is 9.78 Å². The van der Waals surface area contributed by atoms with Crippen LogP contribution in [-0.4, -0.2) is 55.9 Å². The Balaban J connectivity index is 1.30. The Bertz CT molecular complexity index is 1350. The highest BCUT2D eigenvalue weighted by atomic mass is 16.2. The van der Waals surface area contributed by atoms with E-state index in [0.29, 0.717) is 24.5 Å². The predicted molar refractivity (Wildman–Crippen MR) is 134 cm³/mol. The fourth-order valence-electron chi connectivity index (χ4n) is 4.49. The van der Waals surface area contributed by atoms with Crippen LogP contribution in [0.25, 0.3) is 16.6 Å². The van der Waals surface area contributed by atoms with Gasteiger partial charge in [0.1, 0.15) is 0 Å². The maximum Gasteiger partial charge on any atom is 0.319 e. The van der Waals surface area contributed by atoms with Crippen LogP contribution >= 0.6 is 0 Å². The van der Waals surface area contributed by atoms with Crippen molar-refractivity contribution in [2.75, 3.05) is 18.4 Å². The van der Waals surface area contributed by atoms with Crippen molar-refractivity contribution in [1.82, 2.24) is 30.2 Å². The van der Waals surface area contributed by atoms with Gasteiger partial charge in [0.2, 0.25) is 0 Å². The summed E-state index contributed by atoms with van der Waals surface area (Å²) in [5.74, 6) is -0.161. The molecule has 3 amide bonds. The molecule has 2 N–H and O–H groups in total. The highest BCUT2D eigenvalue weighted by Crippen LogP contribution is 2.22. The van der Waals surface area contributed by atoms with E-state index in [1.54, 1.807) is 10.9 Å². The smallest absolute Gasteiger partial charge is 0.319 e. The fraction of sp³-hybridized carbons (Fsp3) is 0.269. The van der Waals surface area contributed by atoms with Gasteiger partial charge in [-0.2, -0.15) is 0 Å². The molecule has 4 aromatic rings. The molecule has 9 nitrogen and oxygen atoms in total. The minimum absolute atomic E-state index is 0.103. The number of carbonyl (C=O) groups excluding carboxylic acids is 2. The number of urea groups is 1. The number of likely N-dealkylation sites (tertiary alicyclic amines) is 1. The molecule has 5 rings (SSSR count). The molecule has 35 heavy (non-hydrogen) atoms. The van der Waals surface area contributed by atoms with Crippen molar-refractivity contribution in [3.05, 3.63) is 78.2 Å². The number of hydrogen-bond acceptors (Lipinski definition) is 5. The Hall–Kier alpha value is -4.27. The molecule has 0 radical (unpaired) electrons. The first-order chi connectivity index (χ1) is 17.1. The summed E-state index contributed by atoms with van der Waals surface area (Å²) in [5, 5.41) is 15.2. The minimum atomic E-state index is -0.290. The summed E-state index contributed by atoms with van der Waals surface area (Å²) in [6.45, 7) is 2.85. The molecule has 1 aliphatic heterocycles. The van der Waals surface area contributed by atoms with E-state index in [4.69, 9.17) is 0 Å². The number of piperidine rings is 1. The molecule has 1 unspecified atom stereocenters. The van der Waals surface area contributed by atoms with Crippen molar-refractivity contribution in [3.63, 3.8) is 0 Å². The van der Waals surface area contributed by atoms with Gasteiger partial charge in [0.25, 0.3) is 5.91 Å².